The summed E-state index contributed by atoms with van der Waals surface area (Å²) in [5, 5.41) is 5.54. The smallest absolute Gasteiger partial charge is 0.368 e. The van der Waals surface area contributed by atoms with Crippen molar-refractivity contribution < 1.29 is 14.0 Å². The summed E-state index contributed by atoms with van der Waals surface area (Å²) in [6.07, 6.45) is 8.43. The van der Waals surface area contributed by atoms with Crippen molar-refractivity contribution in [1.29, 1.82) is 0 Å². The molecule has 0 bridgehead atoms. The summed E-state index contributed by atoms with van der Waals surface area (Å²) in [7, 11) is 2.08. The summed E-state index contributed by atoms with van der Waals surface area (Å²) in [6.45, 7) is 2.72. The lowest BCUT2D eigenvalue weighted by Crippen LogP contribution is -2.28. The van der Waals surface area contributed by atoms with E-state index in [2.05, 4.69) is 38.5 Å². The van der Waals surface area contributed by atoms with Crippen molar-refractivity contribution in [2.24, 2.45) is 18.1 Å². The maximum atomic E-state index is 12.4. The first-order valence-corrected chi connectivity index (χ1v) is 9.99. The van der Waals surface area contributed by atoms with E-state index in [1.165, 1.54) is 18.2 Å². The average molecular weight is 402 g/mol. The Morgan fingerprint density at radius 1 is 1.33 bits per heavy atom. The van der Waals surface area contributed by atoms with E-state index in [4.69, 9.17) is 9.25 Å². The van der Waals surface area contributed by atoms with Crippen LogP contribution in [-0.2, 0) is 24.9 Å². The molecule has 0 N–H and O–H groups in total. The number of hydrogen-bond acceptors (Lipinski definition) is 5. The van der Waals surface area contributed by atoms with Crippen LogP contribution in [-0.4, -0.2) is 25.8 Å². The standard InChI is InChI=1S/C23H22N4O3/c1-15-24-10-11-27(15)13-16-7-8-20-21(18-5-3-4-6-19(18)26(20)2)22(16)25-30-23(28)17-9-12-29-14-17/h3-6,9-12,14,16H,7-8,13H2,1-2H3/b25-22+. The Labute approximate surface area is 173 Å². The van der Waals surface area contributed by atoms with E-state index in [1.54, 1.807) is 12.3 Å². The Morgan fingerprint density at radius 2 is 2.20 bits per heavy atom. The highest BCUT2D eigenvalue weighted by atomic mass is 16.7. The molecule has 4 aromatic rings. The molecule has 152 valence electrons. The quantitative estimate of drug-likeness (QED) is 0.380. The minimum absolute atomic E-state index is 0.105. The summed E-state index contributed by atoms with van der Waals surface area (Å²) in [5.74, 6) is 0.531. The van der Waals surface area contributed by atoms with Crippen LogP contribution in [0.25, 0.3) is 10.9 Å². The number of furan rings is 1. The van der Waals surface area contributed by atoms with Crippen molar-refractivity contribution in [1.82, 2.24) is 14.1 Å². The van der Waals surface area contributed by atoms with E-state index >= 15 is 0 Å². The Bertz CT molecular complexity index is 1250. The fraction of sp³-hybridized carbons (Fsp3) is 0.261. The first-order valence-electron chi connectivity index (χ1n) is 9.99. The van der Waals surface area contributed by atoms with Crippen molar-refractivity contribution in [3.8, 4) is 0 Å². The van der Waals surface area contributed by atoms with Crippen LogP contribution in [0, 0.1) is 12.8 Å². The van der Waals surface area contributed by atoms with Crippen LogP contribution < -0.4 is 0 Å². The number of para-hydroxylation sites is 1. The molecule has 1 aliphatic carbocycles. The number of fused-ring (bicyclic) bond motifs is 3. The van der Waals surface area contributed by atoms with Crippen LogP contribution in [0.15, 0.2) is 64.8 Å². The maximum Gasteiger partial charge on any atom is 0.368 e. The number of carbonyl (C=O) groups excluding carboxylic acids is 1. The third-order valence-electron chi connectivity index (χ3n) is 5.93. The molecular weight excluding hydrogens is 380 g/mol. The lowest BCUT2D eigenvalue weighted by atomic mass is 9.84. The highest BCUT2D eigenvalue weighted by molar-refractivity contribution is 6.14. The van der Waals surface area contributed by atoms with Gasteiger partial charge in [0.1, 0.15) is 17.7 Å². The van der Waals surface area contributed by atoms with Crippen LogP contribution in [0.3, 0.4) is 0 Å². The number of oxime groups is 1. The first-order chi connectivity index (χ1) is 14.6. The number of rotatable bonds is 4. The number of benzene rings is 1. The number of hydrogen-bond donors (Lipinski definition) is 0. The molecule has 3 heterocycles. The van der Waals surface area contributed by atoms with E-state index in [0.717, 1.165) is 47.4 Å². The third kappa shape index (κ3) is 3.03. The second-order valence-electron chi connectivity index (χ2n) is 7.63. The zero-order valence-electron chi connectivity index (χ0n) is 16.9. The third-order valence-corrected chi connectivity index (χ3v) is 5.93. The van der Waals surface area contributed by atoms with Gasteiger partial charge in [0.2, 0.25) is 0 Å². The van der Waals surface area contributed by atoms with Gasteiger partial charge in [-0.1, -0.05) is 23.4 Å². The lowest BCUT2D eigenvalue weighted by molar-refractivity contribution is 0.0512. The summed E-state index contributed by atoms with van der Waals surface area (Å²) in [4.78, 5) is 22.1. The zero-order chi connectivity index (χ0) is 20.7. The molecule has 0 amide bonds. The molecular formula is C23H22N4O3. The number of aromatic nitrogens is 3. The predicted molar refractivity (Wildman–Crippen MR) is 112 cm³/mol. The SMILES string of the molecule is Cc1nccn1CC1CCc2c(c3ccccc3n2C)/C1=N/OC(=O)c1ccoc1. The molecule has 7 heteroatoms. The Kier molecular flexibility index (Phi) is 4.50. The van der Waals surface area contributed by atoms with Crippen molar-refractivity contribution in [3.05, 3.63) is 77.9 Å². The molecule has 3 aromatic heterocycles. The van der Waals surface area contributed by atoms with Gasteiger partial charge in [0, 0.05) is 54.1 Å². The molecule has 0 fully saturated rings. The fourth-order valence-corrected chi connectivity index (χ4v) is 4.33. The van der Waals surface area contributed by atoms with E-state index in [9.17, 15) is 4.79 Å². The van der Waals surface area contributed by atoms with E-state index < -0.39 is 5.97 Å². The molecule has 0 aliphatic heterocycles. The second-order valence-corrected chi connectivity index (χ2v) is 7.63. The van der Waals surface area contributed by atoms with Gasteiger partial charge in [0.15, 0.2) is 0 Å². The molecule has 0 saturated carbocycles. The van der Waals surface area contributed by atoms with Crippen molar-refractivity contribution >= 4 is 22.6 Å². The first kappa shape index (κ1) is 18.4. The largest absolute Gasteiger partial charge is 0.472 e. The maximum absolute atomic E-state index is 12.4. The average Bonchev–Trinajstić information content (AvgIpc) is 3.49. The van der Waals surface area contributed by atoms with Crippen LogP contribution >= 0.6 is 0 Å². The number of nitrogens with zero attached hydrogens (tertiary/aromatic N) is 4. The van der Waals surface area contributed by atoms with Crippen molar-refractivity contribution in [2.45, 2.75) is 26.3 Å². The van der Waals surface area contributed by atoms with Gasteiger partial charge in [-0.3, -0.25) is 0 Å². The zero-order valence-corrected chi connectivity index (χ0v) is 16.9. The number of aryl methyl sites for hydroxylation is 2. The Hall–Kier alpha value is -3.61. The van der Waals surface area contributed by atoms with Gasteiger partial charge in [0.05, 0.1) is 12.0 Å². The summed E-state index contributed by atoms with van der Waals surface area (Å²) < 4.78 is 9.32. The van der Waals surface area contributed by atoms with Gasteiger partial charge in [-0.2, -0.15) is 0 Å². The molecule has 5 rings (SSSR count). The Morgan fingerprint density at radius 3 is 2.97 bits per heavy atom. The highest BCUT2D eigenvalue weighted by Gasteiger charge is 2.32. The monoisotopic (exact) mass is 402 g/mol. The molecule has 0 radical (unpaired) electrons. The van der Waals surface area contributed by atoms with Crippen molar-refractivity contribution in [3.63, 3.8) is 0 Å². The van der Waals surface area contributed by atoms with Gasteiger partial charge in [-0.25, -0.2) is 9.78 Å². The van der Waals surface area contributed by atoms with E-state index in [-0.39, 0.29) is 5.92 Å². The van der Waals surface area contributed by atoms with Gasteiger partial charge in [-0.05, 0) is 31.9 Å². The van der Waals surface area contributed by atoms with Crippen LogP contribution in [0.4, 0.5) is 0 Å². The minimum atomic E-state index is -0.527. The van der Waals surface area contributed by atoms with Crippen LogP contribution in [0.5, 0.6) is 0 Å². The molecule has 1 unspecified atom stereocenters. The molecule has 7 nitrogen and oxygen atoms in total. The van der Waals surface area contributed by atoms with E-state index in [1.807, 2.05) is 25.3 Å². The fourth-order valence-electron chi connectivity index (χ4n) is 4.33. The predicted octanol–water partition coefficient (Wildman–Crippen LogP) is 4.10. The Balaban J connectivity index is 1.59. The molecule has 1 aliphatic rings. The molecule has 30 heavy (non-hydrogen) atoms. The molecule has 1 atom stereocenters. The minimum Gasteiger partial charge on any atom is -0.472 e. The molecule has 0 saturated heterocycles. The van der Waals surface area contributed by atoms with Gasteiger partial charge >= 0.3 is 5.97 Å². The topological polar surface area (TPSA) is 74.6 Å². The van der Waals surface area contributed by atoms with Gasteiger partial charge in [0.25, 0.3) is 0 Å². The van der Waals surface area contributed by atoms with Crippen molar-refractivity contribution in [2.75, 3.05) is 0 Å². The second kappa shape index (κ2) is 7.33. The number of carbonyl (C=O) groups is 1. The normalized spacial score (nSPS) is 17.4. The van der Waals surface area contributed by atoms with Crippen LogP contribution in [0.2, 0.25) is 0 Å². The van der Waals surface area contributed by atoms with Crippen LogP contribution in [0.1, 0.15) is 33.9 Å². The summed E-state index contributed by atoms with van der Waals surface area (Å²) in [6, 6.07) is 9.85. The van der Waals surface area contributed by atoms with Gasteiger partial charge in [-0.15, -0.1) is 0 Å². The van der Waals surface area contributed by atoms with E-state index in [0.29, 0.717) is 5.56 Å². The lowest BCUT2D eigenvalue weighted by Gasteiger charge is -2.25. The summed E-state index contributed by atoms with van der Waals surface area (Å²) in [5.41, 5.74) is 4.58. The highest BCUT2D eigenvalue weighted by Crippen LogP contribution is 2.35. The van der Waals surface area contributed by atoms with Gasteiger partial charge < -0.3 is 18.4 Å². The molecule has 1 aromatic carbocycles. The number of imidazole rings is 1. The summed E-state index contributed by atoms with van der Waals surface area (Å²) >= 11 is 0. The molecule has 0 spiro atoms.